The lowest BCUT2D eigenvalue weighted by atomic mass is 10.2. The number of anilines is 1. The molecule has 1 heterocycles. The maximum absolute atomic E-state index is 5.85. The molecule has 0 spiro atoms. The molecular weight excluding hydrogens is 212 g/mol. The molecule has 1 fully saturated rings. The van der Waals surface area contributed by atoms with Gasteiger partial charge in [0.1, 0.15) is 0 Å². The molecule has 0 aromatic heterocycles. The van der Waals surface area contributed by atoms with Crippen LogP contribution in [0.4, 0.5) is 5.69 Å². The van der Waals surface area contributed by atoms with Gasteiger partial charge in [-0.1, -0.05) is 18.2 Å². The lowest BCUT2D eigenvalue weighted by molar-refractivity contribution is 0.317. The van der Waals surface area contributed by atoms with Crippen molar-refractivity contribution in [2.24, 2.45) is 10.7 Å². The average Bonchev–Trinajstić information content (AvgIpc) is 2.74. The number of guanidine groups is 1. The highest BCUT2D eigenvalue weighted by molar-refractivity contribution is 5.92. The molecule has 17 heavy (non-hydrogen) atoms. The van der Waals surface area contributed by atoms with Crippen LogP contribution in [0.3, 0.4) is 0 Å². The van der Waals surface area contributed by atoms with Gasteiger partial charge in [-0.05, 0) is 38.6 Å². The molecule has 0 saturated carbocycles. The van der Waals surface area contributed by atoms with Crippen molar-refractivity contribution in [2.75, 3.05) is 25.5 Å². The van der Waals surface area contributed by atoms with Gasteiger partial charge in [0.25, 0.3) is 0 Å². The van der Waals surface area contributed by atoms with Gasteiger partial charge in [0.15, 0.2) is 5.96 Å². The quantitative estimate of drug-likeness (QED) is 0.613. The Morgan fingerprint density at radius 3 is 2.88 bits per heavy atom. The third kappa shape index (κ3) is 3.46. The van der Waals surface area contributed by atoms with Gasteiger partial charge in [-0.25, -0.2) is 0 Å². The Bertz CT molecular complexity index is 374. The predicted molar refractivity (Wildman–Crippen MR) is 72.2 cm³/mol. The van der Waals surface area contributed by atoms with Crippen LogP contribution in [0.2, 0.25) is 0 Å². The molecule has 0 bridgehead atoms. The summed E-state index contributed by atoms with van der Waals surface area (Å²) in [4.78, 5) is 6.74. The number of benzene rings is 1. The lowest BCUT2D eigenvalue weighted by Gasteiger charge is -2.17. The Morgan fingerprint density at radius 1 is 1.47 bits per heavy atom. The largest absolute Gasteiger partial charge is 0.370 e. The first-order valence-corrected chi connectivity index (χ1v) is 6.08. The zero-order valence-electron chi connectivity index (χ0n) is 10.3. The zero-order valence-corrected chi connectivity index (χ0v) is 10.3. The smallest absolute Gasteiger partial charge is 0.193 e. The molecule has 1 aromatic carbocycles. The van der Waals surface area contributed by atoms with Gasteiger partial charge in [-0.2, -0.15) is 0 Å². The highest BCUT2D eigenvalue weighted by atomic mass is 15.2. The number of para-hydroxylation sites is 1. The molecule has 0 amide bonds. The second-order valence-electron chi connectivity index (χ2n) is 4.49. The van der Waals surface area contributed by atoms with Crippen molar-refractivity contribution in [2.45, 2.75) is 18.9 Å². The fourth-order valence-corrected chi connectivity index (χ4v) is 2.12. The molecule has 1 aliphatic rings. The first-order valence-electron chi connectivity index (χ1n) is 6.08. The summed E-state index contributed by atoms with van der Waals surface area (Å²) in [6.45, 7) is 1.95. The van der Waals surface area contributed by atoms with E-state index in [4.69, 9.17) is 5.73 Å². The number of aliphatic imine (C=N–C) groups is 1. The molecule has 1 unspecified atom stereocenters. The van der Waals surface area contributed by atoms with E-state index in [2.05, 4.69) is 22.3 Å². The summed E-state index contributed by atoms with van der Waals surface area (Å²) < 4.78 is 0. The standard InChI is InChI=1S/C13H20N4/c1-17-9-5-8-12(17)10-15-13(14)16-11-6-3-2-4-7-11/h2-4,6-7,12H,5,8-10H2,1H3,(H3,14,15,16). The van der Waals surface area contributed by atoms with Crippen LogP contribution in [0.15, 0.2) is 35.3 Å². The minimum atomic E-state index is 0.497. The first-order chi connectivity index (χ1) is 8.25. The molecule has 0 radical (unpaired) electrons. The van der Waals surface area contributed by atoms with Crippen LogP contribution in [0.25, 0.3) is 0 Å². The van der Waals surface area contributed by atoms with E-state index >= 15 is 0 Å². The maximum Gasteiger partial charge on any atom is 0.193 e. The summed E-state index contributed by atoms with van der Waals surface area (Å²) in [6, 6.07) is 10.4. The summed E-state index contributed by atoms with van der Waals surface area (Å²) >= 11 is 0. The summed E-state index contributed by atoms with van der Waals surface area (Å²) in [6.07, 6.45) is 2.49. The minimum absolute atomic E-state index is 0.497. The summed E-state index contributed by atoms with van der Waals surface area (Å²) in [5, 5.41) is 3.09. The van der Waals surface area contributed by atoms with Crippen LogP contribution >= 0.6 is 0 Å². The number of hydrogen-bond acceptors (Lipinski definition) is 2. The van der Waals surface area contributed by atoms with Crippen LogP contribution in [-0.4, -0.2) is 37.0 Å². The molecule has 4 nitrogen and oxygen atoms in total. The third-order valence-corrected chi connectivity index (χ3v) is 3.19. The summed E-state index contributed by atoms with van der Waals surface area (Å²) in [5.74, 6) is 0.497. The molecule has 2 rings (SSSR count). The van der Waals surface area contributed by atoms with Gasteiger partial charge < -0.3 is 16.0 Å². The second-order valence-corrected chi connectivity index (χ2v) is 4.49. The predicted octanol–water partition coefficient (Wildman–Crippen LogP) is 1.51. The van der Waals surface area contributed by atoms with E-state index in [1.165, 1.54) is 19.4 Å². The number of likely N-dealkylation sites (tertiary alicyclic amines) is 1. The fourth-order valence-electron chi connectivity index (χ4n) is 2.12. The van der Waals surface area contributed by atoms with Crippen molar-refractivity contribution in [1.82, 2.24) is 4.90 Å². The topological polar surface area (TPSA) is 53.6 Å². The van der Waals surface area contributed by atoms with Crippen molar-refractivity contribution >= 4 is 11.6 Å². The normalized spacial score (nSPS) is 21.7. The monoisotopic (exact) mass is 232 g/mol. The second kappa shape index (κ2) is 5.68. The highest BCUT2D eigenvalue weighted by Crippen LogP contribution is 2.14. The number of hydrogen-bond donors (Lipinski definition) is 2. The van der Waals surface area contributed by atoms with Crippen LogP contribution in [0.5, 0.6) is 0 Å². The molecule has 1 saturated heterocycles. The lowest BCUT2D eigenvalue weighted by Crippen LogP contribution is -2.30. The average molecular weight is 232 g/mol. The molecule has 1 atom stereocenters. The van der Waals surface area contributed by atoms with Crippen molar-refractivity contribution in [3.63, 3.8) is 0 Å². The maximum atomic E-state index is 5.85. The molecule has 1 aromatic rings. The van der Waals surface area contributed by atoms with E-state index in [0.717, 1.165) is 12.2 Å². The number of nitrogens with one attached hydrogen (secondary N) is 1. The molecule has 0 aliphatic carbocycles. The van der Waals surface area contributed by atoms with Gasteiger partial charge >= 0.3 is 0 Å². The number of rotatable bonds is 3. The van der Waals surface area contributed by atoms with E-state index in [9.17, 15) is 0 Å². The van der Waals surface area contributed by atoms with E-state index < -0.39 is 0 Å². The Balaban J connectivity index is 1.85. The minimum Gasteiger partial charge on any atom is -0.370 e. The van der Waals surface area contributed by atoms with Crippen LogP contribution in [0, 0.1) is 0 Å². The number of nitrogens with two attached hydrogens (primary N) is 1. The van der Waals surface area contributed by atoms with Gasteiger partial charge in [-0.15, -0.1) is 0 Å². The van der Waals surface area contributed by atoms with E-state index in [1.54, 1.807) is 0 Å². The number of nitrogens with zero attached hydrogens (tertiary/aromatic N) is 2. The van der Waals surface area contributed by atoms with Crippen molar-refractivity contribution in [1.29, 1.82) is 0 Å². The van der Waals surface area contributed by atoms with Gasteiger partial charge in [0, 0.05) is 11.7 Å². The van der Waals surface area contributed by atoms with Crippen LogP contribution in [0.1, 0.15) is 12.8 Å². The molecule has 3 N–H and O–H groups in total. The molecule has 1 aliphatic heterocycles. The van der Waals surface area contributed by atoms with Crippen LogP contribution < -0.4 is 11.1 Å². The van der Waals surface area contributed by atoms with Gasteiger partial charge in [-0.3, -0.25) is 4.99 Å². The first kappa shape index (κ1) is 11.9. The van der Waals surface area contributed by atoms with Gasteiger partial charge in [0.05, 0.1) is 6.54 Å². The molecular formula is C13H20N4. The Hall–Kier alpha value is -1.55. The van der Waals surface area contributed by atoms with E-state index in [0.29, 0.717) is 12.0 Å². The highest BCUT2D eigenvalue weighted by Gasteiger charge is 2.19. The summed E-state index contributed by atoms with van der Waals surface area (Å²) in [5.41, 5.74) is 6.83. The third-order valence-electron chi connectivity index (χ3n) is 3.19. The number of likely N-dealkylation sites (N-methyl/N-ethyl adjacent to an activating group) is 1. The molecule has 4 heteroatoms. The summed E-state index contributed by atoms with van der Waals surface area (Å²) in [7, 11) is 2.15. The Labute approximate surface area is 103 Å². The SMILES string of the molecule is CN1CCCC1CN=C(N)Nc1ccccc1. The molecule has 92 valence electrons. The van der Waals surface area contributed by atoms with Crippen molar-refractivity contribution in [3.05, 3.63) is 30.3 Å². The van der Waals surface area contributed by atoms with E-state index in [1.807, 2.05) is 30.3 Å². The zero-order chi connectivity index (χ0) is 12.1. The van der Waals surface area contributed by atoms with Gasteiger partial charge in [0.2, 0.25) is 0 Å². The van der Waals surface area contributed by atoms with Crippen molar-refractivity contribution < 1.29 is 0 Å². The van der Waals surface area contributed by atoms with E-state index in [-0.39, 0.29) is 0 Å². The Kier molecular flexibility index (Phi) is 3.98. The Morgan fingerprint density at radius 2 is 2.24 bits per heavy atom. The van der Waals surface area contributed by atoms with Crippen molar-refractivity contribution in [3.8, 4) is 0 Å². The van der Waals surface area contributed by atoms with Crippen LogP contribution in [-0.2, 0) is 0 Å². The fraction of sp³-hybridized carbons (Fsp3) is 0.462.